The highest BCUT2D eigenvalue weighted by Crippen LogP contribution is 2.61. The van der Waals surface area contributed by atoms with Crippen molar-refractivity contribution >= 4 is 28.9 Å². The Morgan fingerprint density at radius 2 is 1.88 bits per heavy atom. The third kappa shape index (κ3) is 2.92. The molecule has 2 fully saturated rings. The van der Waals surface area contributed by atoms with E-state index in [1.807, 2.05) is 38.1 Å². The minimum absolute atomic E-state index is 0.236. The first-order valence-electron chi connectivity index (χ1n) is 12.4. The molecule has 6 rings (SSSR count). The van der Waals surface area contributed by atoms with Gasteiger partial charge in [-0.25, -0.2) is 4.79 Å². The van der Waals surface area contributed by atoms with E-state index < -0.39 is 5.60 Å². The fraction of sp³-hybridized carbons (Fsp3) is 0.323. The molecule has 0 aromatic heterocycles. The molecule has 3 heteroatoms. The highest BCUT2D eigenvalue weighted by atomic mass is 16.6. The highest BCUT2D eigenvalue weighted by Gasteiger charge is 2.68. The molecule has 3 nitrogen and oxygen atoms in total. The van der Waals surface area contributed by atoms with Crippen LogP contribution < -0.4 is 0 Å². The van der Waals surface area contributed by atoms with Crippen LogP contribution in [0.2, 0.25) is 0 Å². The lowest BCUT2D eigenvalue weighted by Crippen LogP contribution is -2.52. The van der Waals surface area contributed by atoms with Crippen LogP contribution in [-0.4, -0.2) is 35.1 Å². The average Bonchev–Trinajstić information content (AvgIpc) is 3.27. The summed E-state index contributed by atoms with van der Waals surface area (Å²) in [7, 11) is 0. The van der Waals surface area contributed by atoms with Gasteiger partial charge in [0, 0.05) is 34.4 Å². The Bertz CT molecular complexity index is 1350. The molecule has 0 N–H and O–H groups in total. The summed E-state index contributed by atoms with van der Waals surface area (Å²) >= 11 is 0. The predicted octanol–water partition coefficient (Wildman–Crippen LogP) is 6.29. The van der Waals surface area contributed by atoms with Gasteiger partial charge in [0.1, 0.15) is 0 Å². The second-order valence-corrected chi connectivity index (χ2v) is 9.06. The molecule has 3 aliphatic heterocycles. The first kappa shape index (κ1) is 22.4. The van der Waals surface area contributed by atoms with E-state index in [4.69, 9.17) is 4.74 Å². The van der Waals surface area contributed by atoms with Crippen molar-refractivity contribution in [1.29, 1.82) is 0 Å². The smallest absolute Gasteiger partial charge is 0.332 e. The SMILES string of the molecule is C=Cc1c(C#CC2=C3[C@H](C)N4CCCCC4[C@]34OC(=O)C=C24)cc2ccccc2c1C=C.CC. The van der Waals surface area contributed by atoms with Crippen LogP contribution >= 0.6 is 0 Å². The predicted molar refractivity (Wildman–Crippen MR) is 140 cm³/mol. The van der Waals surface area contributed by atoms with Crippen molar-refractivity contribution in [2.45, 2.75) is 57.7 Å². The van der Waals surface area contributed by atoms with Crippen molar-refractivity contribution in [3.63, 3.8) is 0 Å². The molecule has 1 unspecified atom stereocenters. The topological polar surface area (TPSA) is 29.5 Å². The summed E-state index contributed by atoms with van der Waals surface area (Å²) in [4.78, 5) is 14.9. The van der Waals surface area contributed by atoms with Crippen LogP contribution in [0, 0.1) is 11.8 Å². The van der Waals surface area contributed by atoms with E-state index in [0.717, 1.165) is 51.6 Å². The molecule has 0 saturated carbocycles. The molecule has 2 aromatic carbocycles. The summed E-state index contributed by atoms with van der Waals surface area (Å²) in [5.74, 6) is 6.63. The van der Waals surface area contributed by atoms with Gasteiger partial charge in [0.25, 0.3) is 0 Å². The molecular weight excluding hydrogens is 418 g/mol. The van der Waals surface area contributed by atoms with Crippen LogP contribution in [0.4, 0.5) is 0 Å². The van der Waals surface area contributed by atoms with Crippen molar-refractivity contribution in [3.8, 4) is 11.8 Å². The van der Waals surface area contributed by atoms with E-state index in [1.54, 1.807) is 6.08 Å². The molecule has 2 aromatic rings. The molecule has 4 aliphatic rings. The summed E-state index contributed by atoms with van der Waals surface area (Å²) in [5.41, 5.74) is 5.57. The number of hydrogen-bond donors (Lipinski definition) is 0. The molecule has 0 radical (unpaired) electrons. The Labute approximate surface area is 202 Å². The Morgan fingerprint density at radius 1 is 1.12 bits per heavy atom. The van der Waals surface area contributed by atoms with Gasteiger partial charge in [-0.1, -0.05) is 81.7 Å². The number of benzene rings is 2. The Kier molecular flexibility index (Phi) is 5.58. The molecule has 1 aliphatic carbocycles. The highest BCUT2D eigenvalue weighted by molar-refractivity contribution is 5.97. The van der Waals surface area contributed by atoms with Crippen LogP contribution in [0.5, 0.6) is 0 Å². The van der Waals surface area contributed by atoms with E-state index in [-0.39, 0.29) is 18.1 Å². The Hall–Kier alpha value is -3.35. The zero-order valence-electron chi connectivity index (χ0n) is 20.3. The summed E-state index contributed by atoms with van der Waals surface area (Å²) in [5, 5.41) is 2.27. The van der Waals surface area contributed by atoms with Crippen LogP contribution in [0.15, 0.2) is 66.3 Å². The number of ether oxygens (including phenoxy) is 1. The number of carbonyl (C=O) groups is 1. The molecule has 2 saturated heterocycles. The molecule has 3 atom stereocenters. The maximum Gasteiger partial charge on any atom is 0.332 e. The molecule has 34 heavy (non-hydrogen) atoms. The lowest BCUT2D eigenvalue weighted by Gasteiger charge is -2.43. The van der Waals surface area contributed by atoms with Gasteiger partial charge in [0.2, 0.25) is 0 Å². The minimum atomic E-state index is -0.558. The van der Waals surface area contributed by atoms with E-state index in [2.05, 4.69) is 55.0 Å². The molecule has 0 bridgehead atoms. The van der Waals surface area contributed by atoms with Gasteiger partial charge in [0.15, 0.2) is 5.60 Å². The zero-order valence-corrected chi connectivity index (χ0v) is 20.3. The first-order valence-corrected chi connectivity index (χ1v) is 12.4. The Morgan fingerprint density at radius 3 is 2.65 bits per heavy atom. The fourth-order valence-electron chi connectivity index (χ4n) is 6.36. The number of piperidine rings is 1. The largest absolute Gasteiger partial charge is 0.445 e. The van der Waals surface area contributed by atoms with Gasteiger partial charge >= 0.3 is 5.97 Å². The maximum absolute atomic E-state index is 12.4. The van der Waals surface area contributed by atoms with E-state index in [9.17, 15) is 4.79 Å². The minimum Gasteiger partial charge on any atom is -0.445 e. The van der Waals surface area contributed by atoms with Gasteiger partial charge in [-0.2, -0.15) is 0 Å². The van der Waals surface area contributed by atoms with Crippen molar-refractivity contribution in [3.05, 3.63) is 83.0 Å². The van der Waals surface area contributed by atoms with Gasteiger partial charge in [-0.05, 0) is 54.3 Å². The summed E-state index contributed by atoms with van der Waals surface area (Å²) in [6.45, 7) is 15.3. The van der Waals surface area contributed by atoms with E-state index in [0.29, 0.717) is 0 Å². The Balaban J connectivity index is 0.00000117. The zero-order chi connectivity index (χ0) is 24.0. The van der Waals surface area contributed by atoms with Crippen LogP contribution in [0.1, 0.15) is 56.7 Å². The number of esters is 1. The molecular formula is C31H31NO2. The first-order chi connectivity index (χ1) is 16.6. The molecule has 0 amide bonds. The van der Waals surface area contributed by atoms with Gasteiger partial charge in [-0.15, -0.1) is 0 Å². The number of rotatable bonds is 2. The third-order valence-corrected chi connectivity index (χ3v) is 7.65. The second-order valence-electron chi connectivity index (χ2n) is 9.06. The van der Waals surface area contributed by atoms with E-state index in [1.165, 1.54) is 18.4 Å². The van der Waals surface area contributed by atoms with Gasteiger partial charge in [-0.3, -0.25) is 4.90 Å². The van der Waals surface area contributed by atoms with Crippen LogP contribution in [0.3, 0.4) is 0 Å². The third-order valence-electron chi connectivity index (χ3n) is 7.65. The van der Waals surface area contributed by atoms with Crippen LogP contribution in [0.25, 0.3) is 22.9 Å². The molecule has 172 valence electrons. The average molecular weight is 450 g/mol. The lowest BCUT2D eigenvalue weighted by molar-refractivity contribution is -0.146. The summed E-state index contributed by atoms with van der Waals surface area (Å²) in [6, 6.07) is 10.9. The molecule has 3 heterocycles. The van der Waals surface area contributed by atoms with Crippen molar-refractivity contribution in [2.75, 3.05) is 6.54 Å². The van der Waals surface area contributed by atoms with Crippen molar-refractivity contribution < 1.29 is 9.53 Å². The van der Waals surface area contributed by atoms with Crippen molar-refractivity contribution in [2.24, 2.45) is 0 Å². The number of nitrogens with zero attached hydrogens (tertiary/aromatic N) is 1. The normalized spacial score (nSPS) is 26.6. The summed E-state index contributed by atoms with van der Waals surface area (Å²) < 4.78 is 6.00. The number of hydrogen-bond acceptors (Lipinski definition) is 3. The number of fused-ring (bicyclic) bond motifs is 2. The van der Waals surface area contributed by atoms with Gasteiger partial charge in [0.05, 0.1) is 6.04 Å². The monoisotopic (exact) mass is 449 g/mol. The van der Waals surface area contributed by atoms with E-state index >= 15 is 0 Å². The fourth-order valence-corrected chi connectivity index (χ4v) is 6.36. The van der Waals surface area contributed by atoms with Gasteiger partial charge < -0.3 is 4.74 Å². The molecule has 1 spiro atoms. The maximum atomic E-state index is 12.4. The second kappa shape index (κ2) is 8.46. The lowest BCUT2D eigenvalue weighted by atomic mass is 9.65. The van der Waals surface area contributed by atoms with Crippen LogP contribution in [-0.2, 0) is 9.53 Å². The number of carbonyl (C=O) groups excluding carboxylic acids is 1. The standard InChI is InChI=1S/C29H25NO2.C2H6/c1-4-21-20(16-19-10-6-7-11-23(19)22(21)5-2)13-14-24-25-17-27(31)32-29(25)26-12-8-9-15-30(26)18(3)28(24)29;1-2/h4-7,10-11,16-18,26H,1-2,8-9,12,15H2,3H3;1-2H3/t18-,26?,29-;/m0./s1. The summed E-state index contributed by atoms with van der Waals surface area (Å²) in [6.07, 6.45) is 8.84. The quantitative estimate of drug-likeness (QED) is 0.398. The van der Waals surface area contributed by atoms with Crippen molar-refractivity contribution in [1.82, 2.24) is 4.90 Å².